The molecule has 4 rings (SSSR count). The summed E-state index contributed by atoms with van der Waals surface area (Å²) in [6, 6.07) is 10.7. The van der Waals surface area contributed by atoms with Crippen LogP contribution in [0.5, 0.6) is 17.2 Å². The summed E-state index contributed by atoms with van der Waals surface area (Å²) in [5, 5.41) is 16.9. The Balaban J connectivity index is 1.53. The van der Waals surface area contributed by atoms with E-state index in [4.69, 9.17) is 18.5 Å². The zero-order valence-electron chi connectivity index (χ0n) is 22.8. The predicted molar refractivity (Wildman–Crippen MR) is 153 cm³/mol. The lowest BCUT2D eigenvalue weighted by atomic mass is 10.2. The number of carbonyl (C=O) groups excluding carboxylic acids is 1. The number of thiazole rings is 1. The van der Waals surface area contributed by atoms with Crippen LogP contribution in [0.25, 0.3) is 0 Å². The molecule has 13 nitrogen and oxygen atoms in total. The number of sulfone groups is 1. The molecule has 218 valence electrons. The monoisotopic (exact) mass is 620 g/mol. The quantitative estimate of drug-likeness (QED) is 0.197. The Labute approximate surface area is 242 Å². The molecule has 0 bridgehead atoms. The van der Waals surface area contributed by atoms with Gasteiger partial charge in [0.25, 0.3) is 5.91 Å². The standard InChI is InChI=1S/C25H29N6O7PS2/c1-5-36-39(37-6-2)15-18-16-40-25(26-18)27-24(32)17-11-20(35-14-23-28-30-31(3)29-23)13-21(12-17)38-19-7-9-22(10-8-19)41(4,33)34/h7-13,16H,5-6,14-15H2,1-4H3,(H,26,27,32). The molecule has 2 aromatic heterocycles. The van der Waals surface area contributed by atoms with Gasteiger partial charge in [-0.05, 0) is 55.5 Å². The van der Waals surface area contributed by atoms with Crippen molar-refractivity contribution in [2.75, 3.05) is 24.8 Å². The molecular formula is C25H29N6O7PS2. The first-order valence-corrected chi connectivity index (χ1v) is 16.5. The molecule has 4 aromatic rings. The van der Waals surface area contributed by atoms with Crippen molar-refractivity contribution >= 4 is 40.6 Å². The first kappa shape index (κ1) is 30.5. The second-order valence-corrected chi connectivity index (χ2v) is 12.8. The summed E-state index contributed by atoms with van der Waals surface area (Å²) >= 11 is 1.29. The van der Waals surface area contributed by atoms with E-state index in [9.17, 15) is 13.2 Å². The SMILES string of the molecule is CCOP(Cc1csc(NC(=O)c2cc(OCc3nnn(C)n3)cc(Oc3ccc(S(C)(=O)=O)cc3)c2)n1)OCC. The van der Waals surface area contributed by atoms with Gasteiger partial charge in [-0.15, -0.1) is 21.5 Å². The average molecular weight is 621 g/mol. The maximum Gasteiger partial charge on any atom is 0.257 e. The molecule has 0 saturated heterocycles. The van der Waals surface area contributed by atoms with Gasteiger partial charge in [0.1, 0.15) is 17.2 Å². The molecule has 2 heterocycles. The van der Waals surface area contributed by atoms with Crippen molar-refractivity contribution < 1.29 is 31.7 Å². The highest BCUT2D eigenvalue weighted by Gasteiger charge is 2.17. The third-order valence-corrected chi connectivity index (χ3v) is 8.77. The lowest BCUT2D eigenvalue weighted by Gasteiger charge is -2.14. The van der Waals surface area contributed by atoms with Gasteiger partial charge < -0.3 is 18.5 Å². The van der Waals surface area contributed by atoms with E-state index in [0.717, 1.165) is 11.9 Å². The molecule has 0 aliphatic heterocycles. The van der Waals surface area contributed by atoms with Crippen LogP contribution in [0, 0.1) is 0 Å². The normalized spacial score (nSPS) is 11.5. The number of ether oxygens (including phenoxy) is 2. The van der Waals surface area contributed by atoms with Crippen LogP contribution in [-0.4, -0.2) is 59.0 Å². The highest BCUT2D eigenvalue weighted by atomic mass is 32.2. The fraction of sp³-hybridized carbons (Fsp3) is 0.320. The molecule has 0 saturated carbocycles. The summed E-state index contributed by atoms with van der Waals surface area (Å²) in [5.41, 5.74) is 1.01. The Morgan fingerprint density at radius 2 is 1.76 bits per heavy atom. The minimum Gasteiger partial charge on any atom is -0.485 e. The number of aryl methyl sites for hydroxylation is 1. The van der Waals surface area contributed by atoms with Gasteiger partial charge in [0.15, 0.2) is 30.0 Å². The fourth-order valence-electron chi connectivity index (χ4n) is 3.42. The molecule has 0 atom stereocenters. The second-order valence-electron chi connectivity index (χ2n) is 8.45. The third kappa shape index (κ3) is 9.00. The van der Waals surface area contributed by atoms with Crippen molar-refractivity contribution in [1.82, 2.24) is 25.2 Å². The van der Waals surface area contributed by atoms with Crippen molar-refractivity contribution in [2.24, 2.45) is 7.05 Å². The number of rotatable bonds is 14. The highest BCUT2D eigenvalue weighted by Crippen LogP contribution is 2.42. The number of hydrogen-bond acceptors (Lipinski definition) is 12. The van der Waals surface area contributed by atoms with E-state index < -0.39 is 24.1 Å². The molecule has 0 aliphatic rings. The summed E-state index contributed by atoms with van der Waals surface area (Å²) in [6.45, 7) is 4.91. The Morgan fingerprint density at radius 1 is 1.05 bits per heavy atom. The van der Waals surface area contributed by atoms with Crippen molar-refractivity contribution in [3.05, 3.63) is 64.9 Å². The van der Waals surface area contributed by atoms with E-state index in [2.05, 4.69) is 25.7 Å². The number of anilines is 1. The van der Waals surface area contributed by atoms with Crippen LogP contribution in [0.1, 0.15) is 35.7 Å². The summed E-state index contributed by atoms with van der Waals surface area (Å²) < 4.78 is 46.6. The van der Waals surface area contributed by atoms with Crippen LogP contribution in [0.2, 0.25) is 0 Å². The van der Waals surface area contributed by atoms with Crippen LogP contribution in [0.3, 0.4) is 0 Å². The van der Waals surface area contributed by atoms with E-state index in [1.54, 1.807) is 25.2 Å². The first-order chi connectivity index (χ1) is 19.6. The largest absolute Gasteiger partial charge is 0.485 e. The average Bonchev–Trinajstić information content (AvgIpc) is 3.55. The van der Waals surface area contributed by atoms with Gasteiger partial charge in [0, 0.05) is 23.3 Å². The van der Waals surface area contributed by atoms with Crippen molar-refractivity contribution in [1.29, 1.82) is 0 Å². The number of tetrazole rings is 1. The molecule has 0 aliphatic carbocycles. The molecule has 1 N–H and O–H groups in total. The van der Waals surface area contributed by atoms with E-state index in [-0.39, 0.29) is 17.1 Å². The molecule has 0 fully saturated rings. The first-order valence-electron chi connectivity index (χ1n) is 12.4. The zero-order chi connectivity index (χ0) is 29.4. The predicted octanol–water partition coefficient (Wildman–Crippen LogP) is 4.58. The van der Waals surface area contributed by atoms with Crippen LogP contribution < -0.4 is 14.8 Å². The third-order valence-electron chi connectivity index (χ3n) is 5.16. The van der Waals surface area contributed by atoms with Crippen LogP contribution >= 0.6 is 19.7 Å². The van der Waals surface area contributed by atoms with Crippen molar-refractivity contribution in [3.63, 3.8) is 0 Å². The van der Waals surface area contributed by atoms with E-state index in [1.807, 2.05) is 19.2 Å². The molecular weight excluding hydrogens is 591 g/mol. The van der Waals surface area contributed by atoms with Gasteiger partial charge >= 0.3 is 0 Å². The second kappa shape index (κ2) is 13.9. The zero-order valence-corrected chi connectivity index (χ0v) is 25.3. The van der Waals surface area contributed by atoms with Crippen LogP contribution in [0.4, 0.5) is 5.13 Å². The van der Waals surface area contributed by atoms with Gasteiger partial charge in [0.05, 0.1) is 37.0 Å². The van der Waals surface area contributed by atoms with Gasteiger partial charge in [-0.25, -0.2) is 13.4 Å². The van der Waals surface area contributed by atoms with Crippen molar-refractivity contribution in [2.45, 2.75) is 31.5 Å². The lowest BCUT2D eigenvalue weighted by Crippen LogP contribution is -2.12. The summed E-state index contributed by atoms with van der Waals surface area (Å²) in [6.07, 6.45) is 1.64. The minimum atomic E-state index is -3.36. The number of benzene rings is 2. The Bertz CT molecular complexity index is 1570. The lowest BCUT2D eigenvalue weighted by molar-refractivity contribution is 0.102. The molecule has 0 radical (unpaired) electrons. The number of nitrogens with zero attached hydrogens (tertiary/aromatic N) is 5. The molecule has 0 unspecified atom stereocenters. The van der Waals surface area contributed by atoms with E-state index >= 15 is 0 Å². The van der Waals surface area contributed by atoms with Crippen LogP contribution in [-0.2, 0) is 38.7 Å². The van der Waals surface area contributed by atoms with Gasteiger partial charge in [-0.2, -0.15) is 4.80 Å². The Kier molecular flexibility index (Phi) is 10.3. The fourth-order valence-corrected chi connectivity index (χ4v) is 6.14. The smallest absolute Gasteiger partial charge is 0.257 e. The van der Waals surface area contributed by atoms with E-state index in [1.165, 1.54) is 40.4 Å². The van der Waals surface area contributed by atoms with Crippen LogP contribution in [0.15, 0.2) is 52.7 Å². The van der Waals surface area contributed by atoms with Gasteiger partial charge in [0.2, 0.25) is 5.82 Å². The number of aromatic nitrogens is 5. The summed E-state index contributed by atoms with van der Waals surface area (Å²) in [7, 11) is -2.82. The molecule has 2 aromatic carbocycles. The molecule has 1 amide bonds. The summed E-state index contributed by atoms with van der Waals surface area (Å²) in [4.78, 5) is 19.2. The molecule has 0 spiro atoms. The number of amides is 1. The molecule has 41 heavy (non-hydrogen) atoms. The number of carbonyl (C=O) groups is 1. The maximum absolute atomic E-state index is 13.2. The summed E-state index contributed by atoms with van der Waals surface area (Å²) in [5.74, 6) is 0.928. The number of nitrogens with one attached hydrogen (secondary N) is 1. The van der Waals surface area contributed by atoms with Crippen molar-refractivity contribution in [3.8, 4) is 17.2 Å². The van der Waals surface area contributed by atoms with Gasteiger partial charge in [-0.1, -0.05) is 0 Å². The van der Waals surface area contributed by atoms with E-state index in [0.29, 0.717) is 47.6 Å². The minimum absolute atomic E-state index is 0.0138. The van der Waals surface area contributed by atoms with Gasteiger partial charge in [-0.3, -0.25) is 10.1 Å². The number of hydrogen-bond donors (Lipinski definition) is 1. The Hall–Kier alpha value is -3.49. The maximum atomic E-state index is 13.2. The Morgan fingerprint density at radius 3 is 2.39 bits per heavy atom. The topological polar surface area (TPSA) is 157 Å². The highest BCUT2D eigenvalue weighted by molar-refractivity contribution is 7.90. The molecule has 16 heteroatoms.